The smallest absolute Gasteiger partial charge is 0.451 e. The van der Waals surface area contributed by atoms with E-state index in [1.54, 1.807) is 0 Å². The highest BCUT2D eigenvalue weighted by Gasteiger charge is 2.58. The first-order chi connectivity index (χ1) is 17.6. The first-order valence-electron chi connectivity index (χ1n) is 11.2. The van der Waals surface area contributed by atoms with Gasteiger partial charge in [0.05, 0.1) is 44.7 Å². The van der Waals surface area contributed by atoms with Crippen LogP contribution in [-0.4, -0.2) is 97.7 Å². The maximum Gasteiger partial charge on any atom is 0.465 e. The van der Waals surface area contributed by atoms with E-state index < -0.39 is 103 Å². The fourth-order valence-electron chi connectivity index (χ4n) is 3.77. The molecule has 230 valence electrons. The van der Waals surface area contributed by atoms with Crippen molar-refractivity contribution in [3.05, 3.63) is 0 Å². The van der Waals surface area contributed by atoms with Gasteiger partial charge in [-0.2, -0.15) is 43.5 Å². The summed E-state index contributed by atoms with van der Waals surface area (Å²) in [6.07, 6.45) is -19.6. The minimum Gasteiger partial charge on any atom is -0.451 e. The molecule has 1 aliphatic heterocycles. The Labute approximate surface area is 216 Å². The summed E-state index contributed by atoms with van der Waals surface area (Å²) in [5.74, 6) is -4.64. The number of alkyl halides is 8. The van der Waals surface area contributed by atoms with Crippen molar-refractivity contribution in [2.75, 3.05) is 26.4 Å². The molecule has 3 N–H and O–H groups in total. The van der Waals surface area contributed by atoms with E-state index in [1.807, 2.05) is 0 Å². The third kappa shape index (κ3) is 9.58. The molecule has 1 aliphatic carbocycles. The summed E-state index contributed by atoms with van der Waals surface area (Å²) in [7, 11) is -6.20. The monoisotopic (exact) mass is 614 g/mol. The first-order valence-corrected chi connectivity index (χ1v) is 12.6. The van der Waals surface area contributed by atoms with Crippen LogP contribution in [0.15, 0.2) is 0 Å². The molecule has 0 bridgehead atoms. The Hall–Kier alpha value is -1.42. The Balaban J connectivity index is 2.19. The van der Waals surface area contributed by atoms with Gasteiger partial charge in [0.25, 0.3) is 0 Å². The van der Waals surface area contributed by atoms with E-state index in [4.69, 9.17) is 23.5 Å². The lowest BCUT2D eigenvalue weighted by Crippen LogP contribution is -2.61. The summed E-state index contributed by atoms with van der Waals surface area (Å²) in [4.78, 5) is 11.8. The number of carbonyl (C=O) groups is 1. The van der Waals surface area contributed by atoms with Crippen LogP contribution in [0.1, 0.15) is 38.5 Å². The van der Waals surface area contributed by atoms with Crippen molar-refractivity contribution in [3.63, 3.8) is 0 Å². The minimum absolute atomic E-state index is 0.131. The van der Waals surface area contributed by atoms with Gasteiger partial charge in [-0.15, -0.1) is 0 Å². The number of hydrogen-bond acceptors (Lipinski definition) is 10. The van der Waals surface area contributed by atoms with Crippen molar-refractivity contribution in [2.24, 2.45) is 5.41 Å². The Morgan fingerprint density at radius 3 is 1.77 bits per heavy atom. The van der Waals surface area contributed by atoms with E-state index in [9.17, 15) is 58.5 Å². The molecule has 1 heterocycles. The number of ether oxygens (including phenoxy) is 5. The third-order valence-corrected chi connectivity index (χ3v) is 6.58. The zero-order chi connectivity index (χ0) is 29.9. The lowest BCUT2D eigenvalue weighted by Gasteiger charge is -2.50. The molecule has 3 unspecified atom stereocenters. The van der Waals surface area contributed by atoms with Gasteiger partial charge in [0.2, 0.25) is 5.79 Å². The quantitative estimate of drug-likeness (QED) is 0.136. The van der Waals surface area contributed by atoms with Crippen LogP contribution >= 0.6 is 0 Å². The molecule has 1 spiro atoms. The van der Waals surface area contributed by atoms with Crippen molar-refractivity contribution in [3.8, 4) is 0 Å². The van der Waals surface area contributed by atoms with Gasteiger partial charge in [-0.05, 0) is 19.3 Å². The molecule has 0 amide bonds. The van der Waals surface area contributed by atoms with Crippen LogP contribution < -0.4 is 0 Å². The van der Waals surface area contributed by atoms with Crippen LogP contribution in [-0.2, 0) is 38.6 Å². The number of halogens is 8. The molecule has 39 heavy (non-hydrogen) atoms. The molecule has 1 saturated carbocycles. The Bertz CT molecular complexity index is 905. The second kappa shape index (κ2) is 12.2. The van der Waals surface area contributed by atoms with Gasteiger partial charge in [-0.25, -0.2) is 4.79 Å². The molecule has 0 aromatic heterocycles. The second-order valence-corrected chi connectivity index (χ2v) is 10.7. The maximum atomic E-state index is 13.7. The number of aliphatic hydroxyl groups excluding tert-OH is 2. The number of rotatable bonds is 11. The normalized spacial score (nSPS) is 28.7. The molecule has 2 fully saturated rings. The number of hydrogen-bond donors (Lipinski definition) is 3. The average Bonchev–Trinajstić information content (AvgIpc) is 2.76. The summed E-state index contributed by atoms with van der Waals surface area (Å²) >= 11 is 0. The summed E-state index contributed by atoms with van der Waals surface area (Å²) in [6, 6.07) is 0. The summed E-state index contributed by atoms with van der Waals surface area (Å²) in [5, 5.41) is 13.7. The molecule has 11 nitrogen and oxygen atoms in total. The maximum absolute atomic E-state index is 13.7. The molecular weight excluding hydrogens is 588 g/mol. The van der Waals surface area contributed by atoms with E-state index in [1.165, 1.54) is 0 Å². The van der Waals surface area contributed by atoms with Crippen molar-refractivity contribution in [1.29, 1.82) is 0 Å². The standard InChI is InChI=1S/C19H26F8O11S/c20-17(21,22)5-12(28)34-7-15(8-35-13(29)6-18(23,24)25)9-36-16(37-10-15)4-2-1-3-11(16)38-14(30)19(26,27)39(31,32)33/h11-13,28-29H,1-10H2,(H,31,32,33). The highest BCUT2D eigenvalue weighted by atomic mass is 32.2. The van der Waals surface area contributed by atoms with Crippen molar-refractivity contribution in [1.82, 2.24) is 0 Å². The Morgan fingerprint density at radius 1 is 0.897 bits per heavy atom. The van der Waals surface area contributed by atoms with E-state index in [-0.39, 0.29) is 19.3 Å². The molecule has 3 atom stereocenters. The van der Waals surface area contributed by atoms with Crippen LogP contribution in [0.2, 0.25) is 0 Å². The summed E-state index contributed by atoms with van der Waals surface area (Å²) in [6.45, 7) is -3.12. The van der Waals surface area contributed by atoms with E-state index in [0.29, 0.717) is 6.42 Å². The van der Waals surface area contributed by atoms with E-state index in [0.717, 1.165) is 0 Å². The van der Waals surface area contributed by atoms with Crippen LogP contribution in [0, 0.1) is 5.41 Å². The van der Waals surface area contributed by atoms with Gasteiger partial charge >= 0.3 is 33.7 Å². The van der Waals surface area contributed by atoms with Gasteiger partial charge in [0.15, 0.2) is 18.7 Å². The third-order valence-electron chi connectivity index (χ3n) is 5.76. The van der Waals surface area contributed by atoms with Crippen LogP contribution in [0.3, 0.4) is 0 Å². The number of carbonyl (C=O) groups excluding carboxylic acids is 1. The molecule has 0 aromatic rings. The van der Waals surface area contributed by atoms with E-state index >= 15 is 0 Å². The fourth-order valence-corrected chi connectivity index (χ4v) is 4.02. The predicted octanol–water partition coefficient (Wildman–Crippen LogP) is 2.26. The Kier molecular flexibility index (Phi) is 10.6. The van der Waals surface area contributed by atoms with Crippen LogP contribution in [0.25, 0.3) is 0 Å². The number of esters is 1. The van der Waals surface area contributed by atoms with Crippen molar-refractivity contribution in [2.45, 2.75) is 80.6 Å². The number of aliphatic hydroxyl groups is 2. The molecule has 2 rings (SSSR count). The van der Waals surface area contributed by atoms with Crippen molar-refractivity contribution >= 4 is 16.1 Å². The van der Waals surface area contributed by atoms with E-state index in [2.05, 4.69) is 4.74 Å². The van der Waals surface area contributed by atoms with Gasteiger partial charge in [0.1, 0.15) is 0 Å². The average molecular weight is 614 g/mol. The van der Waals surface area contributed by atoms with Gasteiger partial charge < -0.3 is 33.9 Å². The van der Waals surface area contributed by atoms with Gasteiger partial charge in [-0.1, -0.05) is 0 Å². The highest BCUT2D eigenvalue weighted by molar-refractivity contribution is 7.87. The molecule has 0 aromatic carbocycles. The molecule has 0 radical (unpaired) electrons. The molecule has 1 saturated heterocycles. The fraction of sp³-hybridized carbons (Fsp3) is 0.947. The van der Waals surface area contributed by atoms with Gasteiger partial charge in [-0.3, -0.25) is 4.55 Å². The Morgan fingerprint density at radius 2 is 1.36 bits per heavy atom. The molecular formula is C19H26F8O11S. The SMILES string of the molecule is O=C(OC1CCCCC12OCC(COC(O)CC(F)(F)F)(COC(O)CC(F)(F)F)CO2)C(F)(F)S(=O)(=O)O. The van der Waals surface area contributed by atoms with Crippen molar-refractivity contribution < 1.29 is 86.8 Å². The highest BCUT2D eigenvalue weighted by Crippen LogP contribution is 2.42. The van der Waals surface area contributed by atoms with Crippen LogP contribution in [0.4, 0.5) is 35.1 Å². The zero-order valence-corrected chi connectivity index (χ0v) is 20.7. The summed E-state index contributed by atoms with van der Waals surface area (Å²) < 4.78 is 158. The molecule has 20 heteroatoms. The molecule has 2 aliphatic rings. The van der Waals surface area contributed by atoms with Gasteiger partial charge in [0, 0.05) is 6.42 Å². The minimum atomic E-state index is -6.20. The predicted molar refractivity (Wildman–Crippen MR) is 107 cm³/mol. The summed E-state index contributed by atoms with van der Waals surface area (Å²) in [5.41, 5.74) is -1.76. The lowest BCUT2D eigenvalue weighted by molar-refractivity contribution is -0.362. The lowest BCUT2D eigenvalue weighted by atomic mass is 9.86. The van der Waals surface area contributed by atoms with Crippen LogP contribution in [0.5, 0.6) is 0 Å². The topological polar surface area (TPSA) is 158 Å². The largest absolute Gasteiger partial charge is 0.465 e. The zero-order valence-electron chi connectivity index (χ0n) is 19.8. The second-order valence-electron chi connectivity index (χ2n) is 9.19. The first kappa shape index (κ1) is 33.8.